The lowest BCUT2D eigenvalue weighted by Crippen LogP contribution is -2.00. The van der Waals surface area contributed by atoms with Crippen LogP contribution in [0.3, 0.4) is 0 Å². The van der Waals surface area contributed by atoms with Crippen molar-refractivity contribution in [2.24, 2.45) is 5.16 Å². The van der Waals surface area contributed by atoms with E-state index in [-0.39, 0.29) is 0 Å². The summed E-state index contributed by atoms with van der Waals surface area (Å²) in [5, 5.41) is 12.4. The van der Waals surface area contributed by atoms with E-state index in [1.807, 2.05) is 18.2 Å². The molecule has 1 saturated carbocycles. The van der Waals surface area contributed by atoms with Crippen LogP contribution in [0, 0.1) is 0 Å². The number of hydrogen-bond acceptors (Lipinski definition) is 2. The summed E-state index contributed by atoms with van der Waals surface area (Å²) in [4.78, 5) is 0. The fourth-order valence-corrected chi connectivity index (χ4v) is 2.11. The fourth-order valence-electron chi connectivity index (χ4n) is 2.11. The van der Waals surface area contributed by atoms with Crippen LogP contribution in [-0.2, 0) is 0 Å². The molecule has 0 heterocycles. The van der Waals surface area contributed by atoms with Gasteiger partial charge in [0.2, 0.25) is 0 Å². The van der Waals surface area contributed by atoms with Crippen LogP contribution in [-0.4, -0.2) is 10.9 Å². The summed E-state index contributed by atoms with van der Waals surface area (Å²) in [6.45, 7) is 0. The van der Waals surface area contributed by atoms with Crippen molar-refractivity contribution in [3.05, 3.63) is 41.5 Å². The number of nitrogens with zero attached hydrogens (tertiary/aromatic N) is 1. The van der Waals surface area contributed by atoms with Gasteiger partial charge >= 0.3 is 0 Å². The summed E-state index contributed by atoms with van der Waals surface area (Å²) < 4.78 is 0. The highest BCUT2D eigenvalue weighted by atomic mass is 16.4. The molecule has 0 radical (unpaired) electrons. The van der Waals surface area contributed by atoms with E-state index in [0.29, 0.717) is 0 Å². The molecule has 1 fully saturated rings. The molecule has 2 heteroatoms. The van der Waals surface area contributed by atoms with Gasteiger partial charge in [-0.05, 0) is 42.9 Å². The van der Waals surface area contributed by atoms with Gasteiger partial charge in [-0.15, -0.1) is 0 Å². The van der Waals surface area contributed by atoms with Crippen molar-refractivity contribution in [2.45, 2.75) is 32.1 Å². The molecule has 2 nitrogen and oxygen atoms in total. The Labute approximate surface area is 96.3 Å². The molecule has 0 atom stereocenters. The van der Waals surface area contributed by atoms with Gasteiger partial charge in [-0.2, -0.15) is 0 Å². The summed E-state index contributed by atoms with van der Waals surface area (Å²) in [7, 11) is 0. The quantitative estimate of drug-likeness (QED) is 0.430. The van der Waals surface area contributed by atoms with Crippen LogP contribution in [0.25, 0.3) is 6.08 Å². The van der Waals surface area contributed by atoms with Gasteiger partial charge in [-0.3, -0.25) is 0 Å². The molecule has 0 bridgehead atoms. The molecule has 1 aromatic rings. The molecule has 0 amide bonds. The van der Waals surface area contributed by atoms with Gasteiger partial charge in [-0.1, -0.05) is 41.9 Å². The van der Waals surface area contributed by atoms with Crippen LogP contribution in [0.2, 0.25) is 0 Å². The third-order valence-electron chi connectivity index (χ3n) is 2.99. The van der Waals surface area contributed by atoms with Crippen molar-refractivity contribution in [3.8, 4) is 0 Å². The Morgan fingerprint density at radius 1 is 1.00 bits per heavy atom. The van der Waals surface area contributed by atoms with E-state index in [2.05, 4.69) is 23.4 Å². The van der Waals surface area contributed by atoms with Crippen molar-refractivity contribution in [1.29, 1.82) is 0 Å². The van der Waals surface area contributed by atoms with Gasteiger partial charge in [0, 0.05) is 0 Å². The van der Waals surface area contributed by atoms with Crippen molar-refractivity contribution >= 4 is 11.8 Å². The molecule has 0 aromatic heterocycles. The van der Waals surface area contributed by atoms with E-state index in [1.54, 1.807) is 0 Å². The minimum atomic E-state index is 0.862. The highest BCUT2D eigenvalue weighted by Crippen LogP contribution is 2.22. The molecule has 0 spiro atoms. The molecule has 1 aliphatic carbocycles. The van der Waals surface area contributed by atoms with Crippen LogP contribution < -0.4 is 0 Å². The molecule has 1 aliphatic rings. The second kappa shape index (κ2) is 5.50. The van der Waals surface area contributed by atoms with Crippen LogP contribution >= 0.6 is 0 Å². The molecule has 16 heavy (non-hydrogen) atoms. The first-order valence-electron chi connectivity index (χ1n) is 5.87. The first kappa shape index (κ1) is 10.9. The lowest BCUT2D eigenvalue weighted by Gasteiger charge is -2.04. The van der Waals surface area contributed by atoms with Gasteiger partial charge in [0.15, 0.2) is 0 Å². The molecule has 0 aliphatic heterocycles. The Balaban J connectivity index is 2.26. The zero-order chi connectivity index (χ0) is 11.2. The van der Waals surface area contributed by atoms with Gasteiger partial charge in [0.05, 0.1) is 5.71 Å². The molecule has 2 rings (SSSR count). The molecular weight excluding hydrogens is 198 g/mol. The smallest absolute Gasteiger partial charge is 0.0827 e. The van der Waals surface area contributed by atoms with Crippen molar-refractivity contribution < 1.29 is 5.21 Å². The SMILES string of the molecule is O/N=C1\CCCCCC1=Cc1ccccc1. The minimum absolute atomic E-state index is 0.862. The molecule has 84 valence electrons. The fraction of sp³-hybridized carbons (Fsp3) is 0.357. The van der Waals surface area contributed by atoms with E-state index in [0.717, 1.165) is 25.0 Å². The summed E-state index contributed by atoms with van der Waals surface area (Å²) >= 11 is 0. The molecular formula is C14H17NO. The first-order chi connectivity index (χ1) is 7.90. The number of rotatable bonds is 1. The van der Waals surface area contributed by atoms with Crippen molar-refractivity contribution in [3.63, 3.8) is 0 Å². The summed E-state index contributed by atoms with van der Waals surface area (Å²) in [5.74, 6) is 0. The number of benzene rings is 1. The van der Waals surface area contributed by atoms with Crippen LogP contribution in [0.4, 0.5) is 0 Å². The van der Waals surface area contributed by atoms with E-state index < -0.39 is 0 Å². The molecule has 1 aromatic carbocycles. The second-order valence-corrected chi connectivity index (χ2v) is 4.19. The second-order valence-electron chi connectivity index (χ2n) is 4.19. The van der Waals surface area contributed by atoms with Crippen molar-refractivity contribution in [2.75, 3.05) is 0 Å². The maximum atomic E-state index is 9.01. The Kier molecular flexibility index (Phi) is 3.76. The van der Waals surface area contributed by atoms with E-state index in [4.69, 9.17) is 5.21 Å². The molecule has 0 saturated heterocycles. The monoisotopic (exact) mass is 215 g/mol. The Morgan fingerprint density at radius 3 is 2.50 bits per heavy atom. The average Bonchev–Trinajstić information content (AvgIpc) is 2.55. The summed E-state index contributed by atoms with van der Waals surface area (Å²) in [5.41, 5.74) is 3.23. The van der Waals surface area contributed by atoms with E-state index in [9.17, 15) is 0 Å². The number of hydrogen-bond donors (Lipinski definition) is 1. The highest BCUT2D eigenvalue weighted by molar-refractivity contribution is 6.03. The van der Waals surface area contributed by atoms with Gasteiger partial charge in [-0.25, -0.2) is 0 Å². The van der Waals surface area contributed by atoms with E-state index in [1.165, 1.54) is 24.0 Å². The standard InChI is InChI=1S/C14H17NO/c16-15-14-10-6-2-5-9-13(14)11-12-7-3-1-4-8-12/h1,3-4,7-8,11,16H,2,5-6,9-10H2/b13-11?,15-14+. The molecule has 1 N–H and O–H groups in total. The lowest BCUT2D eigenvalue weighted by molar-refractivity contribution is 0.318. The van der Waals surface area contributed by atoms with Crippen LogP contribution in [0.5, 0.6) is 0 Å². The normalized spacial score (nSPS) is 22.2. The topological polar surface area (TPSA) is 32.6 Å². The van der Waals surface area contributed by atoms with E-state index >= 15 is 0 Å². The Bertz CT molecular complexity index is 392. The minimum Gasteiger partial charge on any atom is -0.411 e. The average molecular weight is 215 g/mol. The number of allylic oxidation sites excluding steroid dienone is 1. The summed E-state index contributed by atoms with van der Waals surface area (Å²) in [6.07, 6.45) is 7.61. The van der Waals surface area contributed by atoms with Crippen molar-refractivity contribution in [1.82, 2.24) is 0 Å². The Hall–Kier alpha value is -1.57. The highest BCUT2D eigenvalue weighted by Gasteiger charge is 2.12. The predicted octanol–water partition coefficient (Wildman–Crippen LogP) is 3.86. The third-order valence-corrected chi connectivity index (χ3v) is 2.99. The zero-order valence-electron chi connectivity index (χ0n) is 9.39. The third kappa shape index (κ3) is 2.72. The van der Waals surface area contributed by atoms with Crippen LogP contribution in [0.1, 0.15) is 37.7 Å². The van der Waals surface area contributed by atoms with Gasteiger partial charge in [0.25, 0.3) is 0 Å². The summed E-state index contributed by atoms with van der Waals surface area (Å²) in [6, 6.07) is 10.2. The maximum absolute atomic E-state index is 9.01. The van der Waals surface area contributed by atoms with Crippen LogP contribution in [0.15, 0.2) is 41.1 Å². The lowest BCUT2D eigenvalue weighted by atomic mass is 10.0. The van der Waals surface area contributed by atoms with Gasteiger partial charge in [0.1, 0.15) is 0 Å². The predicted molar refractivity (Wildman–Crippen MR) is 66.7 cm³/mol. The number of oxime groups is 1. The maximum Gasteiger partial charge on any atom is 0.0827 e. The first-order valence-corrected chi connectivity index (χ1v) is 5.87. The van der Waals surface area contributed by atoms with Gasteiger partial charge < -0.3 is 5.21 Å². The largest absolute Gasteiger partial charge is 0.411 e. The zero-order valence-corrected chi connectivity index (χ0v) is 9.39. The Morgan fingerprint density at radius 2 is 1.75 bits per heavy atom. The molecule has 0 unspecified atom stereocenters.